The van der Waals surface area contributed by atoms with Crippen LogP contribution in [0.1, 0.15) is 31.3 Å². The molecule has 0 amide bonds. The molecule has 1 aromatic heterocycles. The highest BCUT2D eigenvalue weighted by Crippen LogP contribution is 2.29. The van der Waals surface area contributed by atoms with Crippen LogP contribution < -0.4 is 5.73 Å². The van der Waals surface area contributed by atoms with E-state index in [2.05, 4.69) is 10.2 Å². The molecular weight excluding hydrogens is 353 g/mol. The summed E-state index contributed by atoms with van der Waals surface area (Å²) in [7, 11) is 0. The van der Waals surface area contributed by atoms with Gasteiger partial charge in [0.05, 0.1) is 6.04 Å². The second-order valence-electron chi connectivity index (χ2n) is 4.70. The van der Waals surface area contributed by atoms with Crippen molar-refractivity contribution >= 4 is 47.4 Å². The lowest BCUT2D eigenvalue weighted by Gasteiger charge is -2.09. The first-order valence-electron chi connectivity index (χ1n) is 6.13. The van der Waals surface area contributed by atoms with Gasteiger partial charge in [0.2, 0.25) is 5.89 Å². The van der Waals surface area contributed by atoms with Crippen molar-refractivity contribution in [3.63, 3.8) is 0 Å². The number of hydrogen-bond donors (Lipinski definition) is 1. The summed E-state index contributed by atoms with van der Waals surface area (Å²) in [6.07, 6.45) is 0. The Morgan fingerprint density at radius 1 is 1.29 bits per heavy atom. The number of rotatable bonds is 5. The van der Waals surface area contributed by atoms with E-state index in [1.807, 2.05) is 19.9 Å². The van der Waals surface area contributed by atoms with Crippen molar-refractivity contribution in [1.82, 2.24) is 10.2 Å². The summed E-state index contributed by atoms with van der Waals surface area (Å²) in [4.78, 5) is 0. The topological polar surface area (TPSA) is 64.9 Å². The fraction of sp³-hybridized carbons (Fsp3) is 0.385. The van der Waals surface area contributed by atoms with Gasteiger partial charge in [-0.1, -0.05) is 54.9 Å². The first-order valence-corrected chi connectivity index (χ1v) is 7.87. The van der Waals surface area contributed by atoms with E-state index in [4.69, 9.17) is 33.4 Å². The van der Waals surface area contributed by atoms with E-state index < -0.39 is 0 Å². The number of nitrogens with two attached hydrogens (primary N) is 1. The van der Waals surface area contributed by atoms with Gasteiger partial charge in [-0.3, -0.25) is 0 Å². The highest BCUT2D eigenvalue weighted by Gasteiger charge is 2.18. The van der Waals surface area contributed by atoms with Crippen molar-refractivity contribution in [2.24, 2.45) is 11.7 Å². The summed E-state index contributed by atoms with van der Waals surface area (Å²) in [5.74, 6) is 1.35. The van der Waals surface area contributed by atoms with Crippen LogP contribution in [0, 0.1) is 5.92 Å². The molecule has 0 bridgehead atoms. The Hall–Kier alpha value is -0.460. The standard InChI is InChI=1S/C13H15Cl2N3OS.ClH/c1-7(2)11(16)12-17-18-13(19-12)20-6-8-3-4-9(14)5-10(8)15;/h3-5,7,11H,6,16H2,1-2H3;1H/t11-;/m0./s1. The number of thioether (sulfide) groups is 1. The average Bonchev–Trinajstić information content (AvgIpc) is 2.85. The monoisotopic (exact) mass is 367 g/mol. The molecule has 8 heteroatoms. The number of halogens is 3. The molecule has 4 nitrogen and oxygen atoms in total. The molecule has 0 fully saturated rings. The average molecular weight is 369 g/mol. The number of aromatic nitrogens is 2. The molecule has 0 saturated heterocycles. The summed E-state index contributed by atoms with van der Waals surface area (Å²) in [5, 5.41) is 9.68. The van der Waals surface area contributed by atoms with Gasteiger partial charge in [-0.2, -0.15) is 0 Å². The molecular formula is C13H16Cl3N3OS. The fourth-order valence-corrected chi connectivity index (χ4v) is 2.80. The Morgan fingerprint density at radius 2 is 2.00 bits per heavy atom. The van der Waals surface area contributed by atoms with Gasteiger partial charge < -0.3 is 10.2 Å². The summed E-state index contributed by atoms with van der Waals surface area (Å²) >= 11 is 13.4. The van der Waals surface area contributed by atoms with Crippen molar-refractivity contribution < 1.29 is 4.42 Å². The quantitative estimate of drug-likeness (QED) is 0.772. The van der Waals surface area contributed by atoms with Gasteiger partial charge in [0.25, 0.3) is 5.22 Å². The minimum Gasteiger partial charge on any atom is -0.414 e. The fourth-order valence-electron chi connectivity index (χ4n) is 1.48. The highest BCUT2D eigenvalue weighted by atomic mass is 35.5. The lowest BCUT2D eigenvalue weighted by atomic mass is 10.1. The zero-order valence-electron chi connectivity index (χ0n) is 11.5. The van der Waals surface area contributed by atoms with Crippen molar-refractivity contribution in [3.8, 4) is 0 Å². The van der Waals surface area contributed by atoms with Gasteiger partial charge >= 0.3 is 0 Å². The van der Waals surface area contributed by atoms with Crippen LogP contribution in [0.3, 0.4) is 0 Å². The molecule has 0 unspecified atom stereocenters. The third-order valence-electron chi connectivity index (χ3n) is 2.79. The minimum atomic E-state index is -0.240. The lowest BCUT2D eigenvalue weighted by Crippen LogP contribution is -2.16. The molecule has 1 aromatic carbocycles. The van der Waals surface area contributed by atoms with Crippen molar-refractivity contribution in [2.45, 2.75) is 30.9 Å². The molecule has 0 aliphatic rings. The van der Waals surface area contributed by atoms with Crippen LogP contribution in [0.4, 0.5) is 0 Å². The number of nitrogens with zero attached hydrogens (tertiary/aromatic N) is 2. The van der Waals surface area contributed by atoms with E-state index >= 15 is 0 Å². The zero-order chi connectivity index (χ0) is 14.7. The largest absolute Gasteiger partial charge is 0.414 e. The first kappa shape index (κ1) is 18.6. The lowest BCUT2D eigenvalue weighted by molar-refractivity contribution is 0.349. The molecule has 116 valence electrons. The molecule has 21 heavy (non-hydrogen) atoms. The molecule has 1 heterocycles. The Kier molecular flexibility index (Phi) is 7.30. The summed E-state index contributed by atoms with van der Waals surface area (Å²) < 4.78 is 5.54. The second kappa shape index (κ2) is 8.25. The van der Waals surface area contributed by atoms with Crippen molar-refractivity contribution in [1.29, 1.82) is 0 Å². The second-order valence-corrected chi connectivity index (χ2v) is 6.47. The van der Waals surface area contributed by atoms with E-state index in [1.54, 1.807) is 12.1 Å². The predicted molar refractivity (Wildman–Crippen MR) is 89.3 cm³/mol. The Balaban J connectivity index is 0.00000220. The summed E-state index contributed by atoms with van der Waals surface area (Å²) in [6, 6.07) is 5.16. The van der Waals surface area contributed by atoms with Crippen LogP contribution in [0.2, 0.25) is 10.0 Å². The smallest absolute Gasteiger partial charge is 0.276 e. The van der Waals surface area contributed by atoms with E-state index in [1.165, 1.54) is 11.8 Å². The molecule has 2 aromatic rings. The number of benzene rings is 1. The zero-order valence-corrected chi connectivity index (χ0v) is 14.7. The molecule has 0 saturated carbocycles. The Labute approximate surface area is 144 Å². The van der Waals surface area contributed by atoms with Gasteiger partial charge in [0.15, 0.2) is 0 Å². The Morgan fingerprint density at radius 3 is 2.62 bits per heavy atom. The molecule has 2 N–H and O–H groups in total. The first-order chi connectivity index (χ1) is 9.47. The summed E-state index contributed by atoms with van der Waals surface area (Å²) in [6.45, 7) is 4.02. The maximum atomic E-state index is 6.11. The van der Waals surface area contributed by atoms with Crippen molar-refractivity contribution in [2.75, 3.05) is 0 Å². The number of hydrogen-bond acceptors (Lipinski definition) is 5. The van der Waals surface area contributed by atoms with Gasteiger partial charge in [-0.05, 0) is 23.6 Å². The van der Waals surface area contributed by atoms with E-state index in [0.717, 1.165) is 5.56 Å². The normalized spacial score (nSPS) is 12.3. The molecule has 0 aliphatic heterocycles. The van der Waals surface area contributed by atoms with E-state index in [0.29, 0.717) is 26.9 Å². The van der Waals surface area contributed by atoms with E-state index in [9.17, 15) is 0 Å². The van der Waals surface area contributed by atoms with Crippen molar-refractivity contribution in [3.05, 3.63) is 39.7 Å². The Bertz CT molecular complexity index is 592. The van der Waals surface area contributed by atoms with Crippen LogP contribution in [0.25, 0.3) is 0 Å². The molecule has 2 rings (SSSR count). The molecule has 1 atom stereocenters. The third kappa shape index (κ3) is 5.04. The molecule has 0 spiro atoms. The minimum absolute atomic E-state index is 0. The highest BCUT2D eigenvalue weighted by molar-refractivity contribution is 7.98. The van der Waals surface area contributed by atoms with Gasteiger partial charge in [0.1, 0.15) is 0 Å². The SMILES string of the molecule is CC(C)[C@H](N)c1nnc(SCc2ccc(Cl)cc2Cl)o1.Cl. The maximum Gasteiger partial charge on any atom is 0.276 e. The van der Waals surface area contributed by atoms with Crippen LogP contribution in [-0.2, 0) is 5.75 Å². The predicted octanol–water partition coefficient (Wildman–Crippen LogP) is 4.75. The van der Waals surface area contributed by atoms with Gasteiger partial charge in [0, 0.05) is 15.8 Å². The molecule has 0 aliphatic carbocycles. The van der Waals surface area contributed by atoms with Crippen LogP contribution in [-0.4, -0.2) is 10.2 Å². The van der Waals surface area contributed by atoms with Crippen LogP contribution in [0.5, 0.6) is 0 Å². The van der Waals surface area contributed by atoms with Gasteiger partial charge in [-0.15, -0.1) is 22.6 Å². The van der Waals surface area contributed by atoms with Gasteiger partial charge in [-0.25, -0.2) is 0 Å². The third-order valence-corrected chi connectivity index (χ3v) is 4.25. The summed E-state index contributed by atoms with van der Waals surface area (Å²) in [5.41, 5.74) is 6.92. The van der Waals surface area contributed by atoms with E-state index in [-0.39, 0.29) is 24.4 Å². The maximum absolute atomic E-state index is 6.11. The molecule has 0 radical (unpaired) electrons. The van der Waals surface area contributed by atoms with Crippen LogP contribution in [0.15, 0.2) is 27.8 Å². The van der Waals surface area contributed by atoms with Crippen LogP contribution >= 0.6 is 47.4 Å².